The molecule has 1 aliphatic heterocycles. The van der Waals surface area contributed by atoms with Gasteiger partial charge in [-0.2, -0.15) is 0 Å². The van der Waals surface area contributed by atoms with E-state index in [1.165, 1.54) is 0 Å². The number of benzene rings is 1. The number of hydrogen-bond acceptors (Lipinski definition) is 4. The van der Waals surface area contributed by atoms with Gasteiger partial charge in [0.2, 0.25) is 0 Å². The number of hydrogen-bond donors (Lipinski definition) is 1. The first kappa shape index (κ1) is 14.4. The summed E-state index contributed by atoms with van der Waals surface area (Å²) in [5.74, 6) is -0.292. The van der Waals surface area contributed by atoms with Gasteiger partial charge >= 0.3 is 12.1 Å². The Morgan fingerprint density at radius 3 is 2.75 bits per heavy atom. The topological polar surface area (TPSA) is 64.6 Å². The maximum atomic E-state index is 11.7. The van der Waals surface area contributed by atoms with E-state index in [4.69, 9.17) is 9.47 Å². The molecule has 1 aliphatic rings. The highest BCUT2D eigenvalue weighted by atomic mass is 16.6. The van der Waals surface area contributed by atoms with Crippen LogP contribution in [0.3, 0.4) is 0 Å². The molecule has 0 aliphatic carbocycles. The molecule has 0 spiro atoms. The molecule has 0 fully saturated rings. The van der Waals surface area contributed by atoms with Crippen LogP contribution in [0.5, 0.6) is 0 Å². The number of esters is 1. The number of fused-ring (bicyclic) bond motifs is 1. The van der Waals surface area contributed by atoms with Gasteiger partial charge in [0.15, 0.2) is 0 Å². The average Bonchev–Trinajstić information content (AvgIpc) is 2.68. The Balaban J connectivity index is 2.05. The van der Waals surface area contributed by atoms with Crippen LogP contribution in [0.15, 0.2) is 18.2 Å². The second-order valence-corrected chi connectivity index (χ2v) is 5.86. The summed E-state index contributed by atoms with van der Waals surface area (Å²) in [6.07, 6.45) is -0.460. The predicted molar refractivity (Wildman–Crippen MR) is 73.3 cm³/mol. The average molecular weight is 277 g/mol. The summed E-state index contributed by atoms with van der Waals surface area (Å²) < 4.78 is 10.2. The Morgan fingerprint density at radius 1 is 1.40 bits per heavy atom. The highest BCUT2D eigenvalue weighted by molar-refractivity contribution is 5.93. The lowest BCUT2D eigenvalue weighted by atomic mass is 10.0. The van der Waals surface area contributed by atoms with Crippen molar-refractivity contribution in [3.8, 4) is 0 Å². The lowest BCUT2D eigenvalue weighted by Crippen LogP contribution is -2.34. The van der Waals surface area contributed by atoms with Crippen molar-refractivity contribution >= 4 is 12.1 Å². The van der Waals surface area contributed by atoms with Crippen LogP contribution in [0.2, 0.25) is 0 Å². The van der Waals surface area contributed by atoms with Crippen molar-refractivity contribution < 1.29 is 19.1 Å². The van der Waals surface area contributed by atoms with Gasteiger partial charge in [-0.25, -0.2) is 9.59 Å². The summed E-state index contributed by atoms with van der Waals surface area (Å²) in [5, 5.41) is 2.77. The minimum absolute atomic E-state index is 0.203. The predicted octanol–water partition coefficient (Wildman–Crippen LogP) is 2.94. The molecule has 5 nitrogen and oxygen atoms in total. The molecule has 20 heavy (non-hydrogen) atoms. The summed E-state index contributed by atoms with van der Waals surface area (Å²) in [6, 6.07) is 5.22. The van der Waals surface area contributed by atoms with E-state index in [0.29, 0.717) is 12.2 Å². The van der Waals surface area contributed by atoms with Gasteiger partial charge in [-0.3, -0.25) is 0 Å². The highest BCUT2D eigenvalue weighted by Crippen LogP contribution is 2.24. The van der Waals surface area contributed by atoms with Crippen LogP contribution in [0.4, 0.5) is 4.79 Å². The molecule has 0 unspecified atom stereocenters. The zero-order valence-corrected chi connectivity index (χ0v) is 12.1. The first-order valence-corrected chi connectivity index (χ1v) is 6.56. The number of carbonyl (C=O) groups excluding carboxylic acids is 2. The standard InChI is InChI=1S/C15H19NO4/c1-9(16-14(18)20-15(2,3)4)10-5-6-12-11(7-10)8-19-13(12)17/h5-7,9H,8H2,1-4H3,(H,16,18)/t9-/m0/s1. The fourth-order valence-corrected chi connectivity index (χ4v) is 1.99. The van der Waals surface area contributed by atoms with E-state index >= 15 is 0 Å². The van der Waals surface area contributed by atoms with Crippen LogP contribution in [0.25, 0.3) is 0 Å². The third-order valence-corrected chi connectivity index (χ3v) is 2.94. The Labute approximate surface area is 118 Å². The zero-order valence-electron chi connectivity index (χ0n) is 12.1. The van der Waals surface area contributed by atoms with Crippen LogP contribution in [0, 0.1) is 0 Å². The molecule has 1 aromatic rings. The fraction of sp³-hybridized carbons (Fsp3) is 0.467. The third-order valence-electron chi connectivity index (χ3n) is 2.94. The Kier molecular flexibility index (Phi) is 3.70. The summed E-state index contributed by atoms with van der Waals surface area (Å²) in [5.41, 5.74) is 1.83. The Hall–Kier alpha value is -2.04. The molecular formula is C15H19NO4. The molecule has 0 saturated heterocycles. The molecule has 2 rings (SSSR count). The monoisotopic (exact) mass is 277 g/mol. The molecule has 1 amide bonds. The minimum Gasteiger partial charge on any atom is -0.457 e. The number of amides is 1. The van der Waals surface area contributed by atoms with Crippen molar-refractivity contribution in [1.82, 2.24) is 5.32 Å². The second-order valence-electron chi connectivity index (χ2n) is 5.86. The maximum Gasteiger partial charge on any atom is 0.408 e. The number of carbonyl (C=O) groups is 2. The normalized spacial score (nSPS) is 15.3. The van der Waals surface area contributed by atoms with Gasteiger partial charge in [0, 0.05) is 5.56 Å². The molecule has 1 atom stereocenters. The first-order chi connectivity index (χ1) is 9.26. The van der Waals surface area contributed by atoms with E-state index in [-0.39, 0.29) is 12.0 Å². The van der Waals surface area contributed by atoms with Gasteiger partial charge in [-0.15, -0.1) is 0 Å². The Bertz CT molecular complexity index is 545. The molecule has 0 radical (unpaired) electrons. The highest BCUT2D eigenvalue weighted by Gasteiger charge is 2.23. The zero-order chi connectivity index (χ0) is 14.9. The number of nitrogens with one attached hydrogen (secondary N) is 1. The van der Waals surface area contributed by atoms with Gasteiger partial charge in [-0.05, 0) is 45.4 Å². The van der Waals surface area contributed by atoms with Gasteiger partial charge in [-0.1, -0.05) is 6.07 Å². The van der Waals surface area contributed by atoms with Crippen LogP contribution in [-0.4, -0.2) is 17.7 Å². The van der Waals surface area contributed by atoms with Crippen molar-refractivity contribution in [3.63, 3.8) is 0 Å². The van der Waals surface area contributed by atoms with Crippen molar-refractivity contribution in [2.75, 3.05) is 0 Å². The van der Waals surface area contributed by atoms with Gasteiger partial charge < -0.3 is 14.8 Å². The van der Waals surface area contributed by atoms with E-state index in [9.17, 15) is 9.59 Å². The van der Waals surface area contributed by atoms with Crippen molar-refractivity contribution in [2.45, 2.75) is 45.9 Å². The number of rotatable bonds is 2. The summed E-state index contributed by atoms with van der Waals surface area (Å²) in [4.78, 5) is 23.1. The van der Waals surface area contributed by atoms with Gasteiger partial charge in [0.1, 0.15) is 12.2 Å². The summed E-state index contributed by atoms with van der Waals surface area (Å²) in [7, 11) is 0. The number of ether oxygens (including phenoxy) is 2. The minimum atomic E-state index is -0.526. The van der Waals surface area contributed by atoms with Crippen molar-refractivity contribution in [2.24, 2.45) is 0 Å². The molecule has 1 N–H and O–H groups in total. The lowest BCUT2D eigenvalue weighted by Gasteiger charge is -2.22. The van der Waals surface area contributed by atoms with Crippen LogP contribution in [0.1, 0.15) is 55.2 Å². The van der Waals surface area contributed by atoms with Crippen LogP contribution >= 0.6 is 0 Å². The fourth-order valence-electron chi connectivity index (χ4n) is 1.99. The van der Waals surface area contributed by atoms with E-state index in [1.54, 1.807) is 6.07 Å². The largest absolute Gasteiger partial charge is 0.457 e. The van der Waals surface area contributed by atoms with E-state index in [1.807, 2.05) is 39.8 Å². The third kappa shape index (κ3) is 3.29. The molecule has 5 heteroatoms. The van der Waals surface area contributed by atoms with Crippen LogP contribution in [-0.2, 0) is 16.1 Å². The van der Waals surface area contributed by atoms with Gasteiger partial charge in [0.05, 0.1) is 11.6 Å². The first-order valence-electron chi connectivity index (χ1n) is 6.56. The van der Waals surface area contributed by atoms with Crippen molar-refractivity contribution in [1.29, 1.82) is 0 Å². The SMILES string of the molecule is C[C@H](NC(=O)OC(C)(C)C)c1ccc2c(c1)COC2=O. The summed E-state index contributed by atoms with van der Waals surface area (Å²) >= 11 is 0. The Morgan fingerprint density at radius 2 is 2.10 bits per heavy atom. The second kappa shape index (κ2) is 5.15. The number of cyclic esters (lactones) is 1. The molecule has 108 valence electrons. The van der Waals surface area contributed by atoms with E-state index in [2.05, 4.69) is 5.32 Å². The molecule has 1 heterocycles. The molecule has 1 aromatic carbocycles. The molecular weight excluding hydrogens is 258 g/mol. The molecule has 0 aromatic heterocycles. The van der Waals surface area contributed by atoms with Crippen LogP contribution < -0.4 is 5.32 Å². The smallest absolute Gasteiger partial charge is 0.408 e. The molecule has 0 saturated carbocycles. The lowest BCUT2D eigenvalue weighted by molar-refractivity contribution is 0.0505. The van der Waals surface area contributed by atoms with Gasteiger partial charge in [0.25, 0.3) is 0 Å². The maximum absolute atomic E-state index is 11.7. The van der Waals surface area contributed by atoms with E-state index in [0.717, 1.165) is 11.1 Å². The number of alkyl carbamates (subject to hydrolysis) is 1. The summed E-state index contributed by atoms with van der Waals surface area (Å²) in [6.45, 7) is 7.60. The quantitative estimate of drug-likeness (QED) is 0.844. The molecule has 0 bridgehead atoms. The van der Waals surface area contributed by atoms with E-state index < -0.39 is 11.7 Å². The van der Waals surface area contributed by atoms with Crippen molar-refractivity contribution in [3.05, 3.63) is 34.9 Å².